The third kappa shape index (κ3) is 3.38. The zero-order valence-electron chi connectivity index (χ0n) is 13.9. The number of fused-ring (bicyclic) bond motifs is 1. The van der Waals surface area contributed by atoms with E-state index in [-0.39, 0.29) is 17.2 Å². The van der Waals surface area contributed by atoms with Gasteiger partial charge in [0.25, 0.3) is 15.9 Å². The molecular weight excluding hydrogens is 352 g/mol. The van der Waals surface area contributed by atoms with Gasteiger partial charge < -0.3 is 10.3 Å². The summed E-state index contributed by atoms with van der Waals surface area (Å²) in [4.78, 5) is 14.7. The molecule has 3 N–H and O–H groups in total. The number of aromatic amines is 1. The summed E-state index contributed by atoms with van der Waals surface area (Å²) in [6.07, 6.45) is 0.00339. The molecule has 0 fully saturated rings. The number of nitrogens with one attached hydrogen (secondary N) is 3. The standard InChI is InChI=1S/C18H16N4O3S/c1-20-18(23)16-11-13-10-14(6-7-15(13)21-16)22-26(24,25)17-5-3-2-4-12(17)8-9-19/h2-7,10-11,21-22H,8H2,1H3,(H,20,23). The van der Waals surface area contributed by atoms with E-state index in [0.717, 1.165) is 5.52 Å². The van der Waals surface area contributed by atoms with Crippen LogP contribution in [0.1, 0.15) is 16.1 Å². The fraction of sp³-hybridized carbons (Fsp3) is 0.111. The largest absolute Gasteiger partial charge is 0.354 e. The van der Waals surface area contributed by atoms with Gasteiger partial charge in [-0.25, -0.2) is 8.42 Å². The van der Waals surface area contributed by atoms with Crippen molar-refractivity contribution in [2.75, 3.05) is 11.8 Å². The first kappa shape index (κ1) is 17.5. The van der Waals surface area contributed by atoms with Crippen molar-refractivity contribution in [3.63, 3.8) is 0 Å². The van der Waals surface area contributed by atoms with Crippen molar-refractivity contribution in [2.45, 2.75) is 11.3 Å². The Morgan fingerprint density at radius 2 is 1.96 bits per heavy atom. The average molecular weight is 368 g/mol. The fourth-order valence-corrected chi connectivity index (χ4v) is 3.95. The maximum absolute atomic E-state index is 12.7. The minimum absolute atomic E-state index is 0.00339. The highest BCUT2D eigenvalue weighted by Crippen LogP contribution is 2.24. The normalized spacial score (nSPS) is 11.1. The SMILES string of the molecule is CNC(=O)c1cc2cc(NS(=O)(=O)c3ccccc3CC#N)ccc2[nH]1. The van der Waals surface area contributed by atoms with Gasteiger partial charge in [-0.05, 0) is 35.9 Å². The van der Waals surface area contributed by atoms with Crippen LogP contribution >= 0.6 is 0 Å². The van der Waals surface area contributed by atoms with E-state index in [0.29, 0.717) is 22.3 Å². The Morgan fingerprint density at radius 3 is 2.69 bits per heavy atom. The fourth-order valence-electron chi connectivity index (χ4n) is 2.66. The van der Waals surface area contributed by atoms with Gasteiger partial charge in [0.15, 0.2) is 0 Å². The smallest absolute Gasteiger partial charge is 0.267 e. The molecule has 0 radical (unpaired) electrons. The molecule has 3 aromatic rings. The summed E-state index contributed by atoms with van der Waals surface area (Å²) in [7, 11) is -2.31. The number of carbonyl (C=O) groups excluding carboxylic acids is 1. The molecule has 2 aromatic carbocycles. The molecule has 0 bridgehead atoms. The first-order chi connectivity index (χ1) is 12.4. The number of nitriles is 1. The lowest BCUT2D eigenvalue weighted by atomic mass is 10.2. The second kappa shape index (κ2) is 6.90. The number of nitrogens with zero attached hydrogens (tertiary/aromatic N) is 1. The molecule has 8 heteroatoms. The second-order valence-electron chi connectivity index (χ2n) is 5.61. The molecular formula is C18H16N4O3S. The molecule has 3 rings (SSSR count). The van der Waals surface area contributed by atoms with E-state index in [1.54, 1.807) is 42.5 Å². The van der Waals surface area contributed by atoms with E-state index >= 15 is 0 Å². The summed E-state index contributed by atoms with van der Waals surface area (Å²) in [5.41, 5.74) is 1.91. The molecule has 0 atom stereocenters. The second-order valence-corrected chi connectivity index (χ2v) is 7.26. The highest BCUT2D eigenvalue weighted by molar-refractivity contribution is 7.92. The van der Waals surface area contributed by atoms with Crippen LogP contribution in [-0.2, 0) is 16.4 Å². The number of hydrogen-bond donors (Lipinski definition) is 3. The number of carbonyl (C=O) groups is 1. The summed E-state index contributed by atoms with van der Waals surface area (Å²) in [6, 6.07) is 14.9. The minimum atomic E-state index is -3.84. The van der Waals surface area contributed by atoms with Crippen molar-refractivity contribution < 1.29 is 13.2 Å². The van der Waals surface area contributed by atoms with Crippen LogP contribution in [0.15, 0.2) is 53.4 Å². The van der Waals surface area contributed by atoms with E-state index in [4.69, 9.17) is 5.26 Å². The number of rotatable bonds is 5. The molecule has 0 aliphatic carbocycles. The van der Waals surface area contributed by atoms with Crippen LogP contribution in [0.4, 0.5) is 5.69 Å². The Hall–Kier alpha value is -3.31. The molecule has 0 aliphatic heterocycles. The summed E-state index contributed by atoms with van der Waals surface area (Å²) in [5, 5.41) is 12.1. The van der Waals surface area contributed by atoms with Crippen LogP contribution in [0.25, 0.3) is 10.9 Å². The van der Waals surface area contributed by atoms with Gasteiger partial charge in [0.05, 0.1) is 17.4 Å². The van der Waals surface area contributed by atoms with Gasteiger partial charge in [0.1, 0.15) is 5.69 Å². The van der Waals surface area contributed by atoms with Crippen LogP contribution in [0, 0.1) is 11.3 Å². The van der Waals surface area contributed by atoms with Gasteiger partial charge in [-0.3, -0.25) is 9.52 Å². The molecule has 0 saturated heterocycles. The van der Waals surface area contributed by atoms with Gasteiger partial charge in [-0.15, -0.1) is 0 Å². The third-order valence-corrected chi connectivity index (χ3v) is 5.36. The van der Waals surface area contributed by atoms with Crippen molar-refractivity contribution in [1.29, 1.82) is 5.26 Å². The number of sulfonamides is 1. The third-order valence-electron chi connectivity index (χ3n) is 3.88. The van der Waals surface area contributed by atoms with E-state index < -0.39 is 10.0 Å². The van der Waals surface area contributed by atoms with Crippen molar-refractivity contribution in [3.05, 3.63) is 59.8 Å². The lowest BCUT2D eigenvalue weighted by molar-refractivity contribution is 0.0959. The van der Waals surface area contributed by atoms with Gasteiger partial charge in [0.2, 0.25) is 0 Å². The highest BCUT2D eigenvalue weighted by atomic mass is 32.2. The predicted octanol–water partition coefficient (Wildman–Crippen LogP) is 2.39. The first-order valence-corrected chi connectivity index (χ1v) is 9.25. The average Bonchev–Trinajstić information content (AvgIpc) is 3.04. The maximum Gasteiger partial charge on any atom is 0.267 e. The number of amides is 1. The Bertz CT molecular complexity index is 1130. The summed E-state index contributed by atoms with van der Waals surface area (Å²) >= 11 is 0. The molecule has 7 nitrogen and oxygen atoms in total. The molecule has 0 unspecified atom stereocenters. The van der Waals surface area contributed by atoms with Crippen LogP contribution in [0.3, 0.4) is 0 Å². The molecule has 1 amide bonds. The number of aromatic nitrogens is 1. The van der Waals surface area contributed by atoms with Crippen LogP contribution < -0.4 is 10.0 Å². The number of benzene rings is 2. The molecule has 132 valence electrons. The van der Waals surface area contributed by atoms with Crippen molar-refractivity contribution in [1.82, 2.24) is 10.3 Å². The molecule has 1 heterocycles. The number of hydrogen-bond acceptors (Lipinski definition) is 4. The molecule has 0 aliphatic rings. The number of H-pyrrole nitrogens is 1. The van der Waals surface area contributed by atoms with Crippen LogP contribution in [0.5, 0.6) is 0 Å². The van der Waals surface area contributed by atoms with Gasteiger partial charge in [0, 0.05) is 23.6 Å². The van der Waals surface area contributed by atoms with Crippen molar-refractivity contribution in [3.8, 4) is 6.07 Å². The van der Waals surface area contributed by atoms with E-state index in [2.05, 4.69) is 15.0 Å². The summed E-state index contributed by atoms with van der Waals surface area (Å²) in [6.45, 7) is 0. The molecule has 1 aromatic heterocycles. The maximum atomic E-state index is 12.7. The Kier molecular flexibility index (Phi) is 4.65. The molecule has 0 spiro atoms. The van der Waals surface area contributed by atoms with E-state index in [9.17, 15) is 13.2 Å². The highest BCUT2D eigenvalue weighted by Gasteiger charge is 2.18. The topological polar surface area (TPSA) is 115 Å². The van der Waals surface area contributed by atoms with Crippen LogP contribution in [0.2, 0.25) is 0 Å². The van der Waals surface area contributed by atoms with Crippen molar-refractivity contribution in [2.24, 2.45) is 0 Å². The van der Waals surface area contributed by atoms with E-state index in [1.807, 2.05) is 6.07 Å². The minimum Gasteiger partial charge on any atom is -0.354 e. The van der Waals surface area contributed by atoms with Gasteiger partial charge in [-0.2, -0.15) is 5.26 Å². The zero-order valence-corrected chi connectivity index (χ0v) is 14.7. The monoisotopic (exact) mass is 368 g/mol. The number of anilines is 1. The molecule has 26 heavy (non-hydrogen) atoms. The Balaban J connectivity index is 1.95. The van der Waals surface area contributed by atoms with Crippen LogP contribution in [-0.4, -0.2) is 26.4 Å². The van der Waals surface area contributed by atoms with Crippen molar-refractivity contribution >= 4 is 32.5 Å². The van der Waals surface area contributed by atoms with E-state index in [1.165, 1.54) is 13.1 Å². The Morgan fingerprint density at radius 1 is 1.19 bits per heavy atom. The zero-order chi connectivity index (χ0) is 18.7. The van der Waals surface area contributed by atoms with Gasteiger partial charge in [-0.1, -0.05) is 18.2 Å². The summed E-state index contributed by atoms with van der Waals surface area (Å²) < 4.78 is 27.9. The predicted molar refractivity (Wildman–Crippen MR) is 98.3 cm³/mol. The first-order valence-electron chi connectivity index (χ1n) is 7.77. The van der Waals surface area contributed by atoms with Gasteiger partial charge >= 0.3 is 0 Å². The quantitative estimate of drug-likeness (QED) is 0.641. The lowest BCUT2D eigenvalue weighted by Crippen LogP contribution is -2.17. The summed E-state index contributed by atoms with van der Waals surface area (Å²) in [5.74, 6) is -0.256. The Labute approximate surface area is 150 Å². The molecule has 0 saturated carbocycles. The lowest BCUT2D eigenvalue weighted by Gasteiger charge is -2.11.